The SMILES string of the molecule is Cc1[nH]n[c-]c1N.[V]. The monoisotopic (exact) mass is 147 g/mol. The van der Waals surface area contributed by atoms with Crippen molar-refractivity contribution in [3.05, 3.63) is 11.9 Å². The summed E-state index contributed by atoms with van der Waals surface area (Å²) in [7, 11) is 0. The molecule has 0 aliphatic carbocycles. The molecule has 0 saturated heterocycles. The van der Waals surface area contributed by atoms with Gasteiger partial charge in [-0.05, 0) is 0 Å². The molecule has 8 heavy (non-hydrogen) atoms. The number of nitrogens with two attached hydrogens (primary N) is 1. The predicted molar refractivity (Wildman–Crippen MR) is 26.6 cm³/mol. The van der Waals surface area contributed by atoms with E-state index in [1.165, 1.54) is 0 Å². The van der Waals surface area contributed by atoms with E-state index in [2.05, 4.69) is 16.4 Å². The molecule has 0 bridgehead atoms. The molecule has 0 aromatic carbocycles. The van der Waals surface area contributed by atoms with Gasteiger partial charge >= 0.3 is 0 Å². The van der Waals surface area contributed by atoms with Crippen LogP contribution in [0.1, 0.15) is 5.69 Å². The van der Waals surface area contributed by atoms with Crippen molar-refractivity contribution in [2.24, 2.45) is 0 Å². The van der Waals surface area contributed by atoms with Crippen molar-refractivity contribution in [2.45, 2.75) is 6.92 Å². The van der Waals surface area contributed by atoms with Gasteiger partial charge in [0.25, 0.3) is 0 Å². The Morgan fingerprint density at radius 2 is 2.38 bits per heavy atom. The molecule has 1 rings (SSSR count). The fourth-order valence-corrected chi connectivity index (χ4v) is 0.316. The first-order chi connectivity index (χ1) is 3.30. The second-order valence-corrected chi connectivity index (χ2v) is 1.37. The van der Waals surface area contributed by atoms with Gasteiger partial charge in [-0.1, -0.05) is 12.6 Å². The molecule has 43 valence electrons. The number of aromatic nitrogens is 2. The first-order valence-corrected chi connectivity index (χ1v) is 1.99. The van der Waals surface area contributed by atoms with E-state index >= 15 is 0 Å². The zero-order chi connectivity index (χ0) is 5.28. The largest absolute Gasteiger partial charge is 0.428 e. The van der Waals surface area contributed by atoms with E-state index < -0.39 is 0 Å². The van der Waals surface area contributed by atoms with Crippen LogP contribution in [-0.2, 0) is 18.6 Å². The van der Waals surface area contributed by atoms with E-state index in [0.717, 1.165) is 5.69 Å². The average Bonchev–Trinajstić information content (AvgIpc) is 1.91. The third-order valence-electron chi connectivity index (χ3n) is 0.804. The minimum atomic E-state index is 0. The molecule has 3 nitrogen and oxygen atoms in total. The van der Waals surface area contributed by atoms with E-state index in [4.69, 9.17) is 5.73 Å². The van der Waals surface area contributed by atoms with E-state index in [9.17, 15) is 0 Å². The Balaban J connectivity index is 0.000000490. The third-order valence-corrected chi connectivity index (χ3v) is 0.804. The van der Waals surface area contributed by atoms with Crippen LogP contribution < -0.4 is 5.73 Å². The van der Waals surface area contributed by atoms with Gasteiger partial charge in [-0.2, -0.15) is 0 Å². The van der Waals surface area contributed by atoms with E-state index in [0.29, 0.717) is 5.69 Å². The van der Waals surface area contributed by atoms with Crippen molar-refractivity contribution < 1.29 is 18.6 Å². The number of rotatable bonds is 0. The summed E-state index contributed by atoms with van der Waals surface area (Å²) in [5.74, 6) is 0. The molecule has 0 amide bonds. The molecule has 1 aromatic rings. The molecule has 0 fully saturated rings. The number of hydrogen-bond donors (Lipinski definition) is 2. The molecule has 0 saturated carbocycles. The van der Waals surface area contributed by atoms with Crippen molar-refractivity contribution in [3.8, 4) is 0 Å². The number of aryl methyl sites for hydroxylation is 1. The van der Waals surface area contributed by atoms with Gasteiger partial charge < -0.3 is 15.9 Å². The summed E-state index contributed by atoms with van der Waals surface area (Å²) < 4.78 is 0. The zero-order valence-corrected chi connectivity index (χ0v) is 5.87. The maximum absolute atomic E-state index is 5.29. The van der Waals surface area contributed by atoms with Crippen LogP contribution in [0.15, 0.2) is 0 Å². The van der Waals surface area contributed by atoms with Gasteiger partial charge in [0.1, 0.15) is 0 Å². The number of nitrogen functional groups attached to an aromatic ring is 1. The zero-order valence-electron chi connectivity index (χ0n) is 4.47. The van der Waals surface area contributed by atoms with Crippen LogP contribution in [0.3, 0.4) is 0 Å². The fraction of sp³-hybridized carbons (Fsp3) is 0.250. The van der Waals surface area contributed by atoms with E-state index in [-0.39, 0.29) is 18.6 Å². The number of nitrogens with one attached hydrogen (secondary N) is 1. The molecule has 3 N–H and O–H groups in total. The smallest absolute Gasteiger partial charge is 0 e. The number of nitrogens with zero attached hydrogens (tertiary/aromatic N) is 1. The van der Waals surface area contributed by atoms with Crippen LogP contribution >= 0.6 is 0 Å². The van der Waals surface area contributed by atoms with E-state index in [1.807, 2.05) is 6.92 Å². The van der Waals surface area contributed by atoms with Gasteiger partial charge in [0.2, 0.25) is 0 Å². The quantitative estimate of drug-likeness (QED) is 0.511. The van der Waals surface area contributed by atoms with Gasteiger partial charge in [-0.15, -0.1) is 11.9 Å². The normalized spacial score (nSPS) is 8.12. The van der Waals surface area contributed by atoms with Crippen LogP contribution in [0, 0.1) is 13.1 Å². The molecule has 0 atom stereocenters. The summed E-state index contributed by atoms with van der Waals surface area (Å²) in [4.78, 5) is 0. The molecule has 0 aliphatic heterocycles. The molecule has 0 aliphatic rings. The van der Waals surface area contributed by atoms with Gasteiger partial charge in [0.05, 0.1) is 0 Å². The summed E-state index contributed by atoms with van der Waals surface area (Å²) >= 11 is 0. The van der Waals surface area contributed by atoms with Crippen molar-refractivity contribution in [1.29, 1.82) is 0 Å². The first kappa shape index (κ1) is 7.59. The molecule has 1 aromatic heterocycles. The maximum Gasteiger partial charge on any atom is 0 e. The average molecular weight is 147 g/mol. The maximum atomic E-state index is 5.29. The van der Waals surface area contributed by atoms with Gasteiger partial charge in [0.15, 0.2) is 0 Å². The predicted octanol–water partition coefficient (Wildman–Crippen LogP) is 0.0980. The van der Waals surface area contributed by atoms with Crippen LogP contribution in [-0.4, -0.2) is 10.2 Å². The summed E-state index contributed by atoms with van der Waals surface area (Å²) in [5.41, 5.74) is 6.76. The van der Waals surface area contributed by atoms with Crippen LogP contribution in [0.4, 0.5) is 5.69 Å². The molecule has 1 radical (unpaired) electrons. The van der Waals surface area contributed by atoms with Crippen molar-refractivity contribution >= 4 is 5.69 Å². The summed E-state index contributed by atoms with van der Waals surface area (Å²) in [5, 5.41) is 6.18. The van der Waals surface area contributed by atoms with Crippen molar-refractivity contribution in [3.63, 3.8) is 0 Å². The van der Waals surface area contributed by atoms with E-state index in [1.54, 1.807) is 0 Å². The number of anilines is 1. The van der Waals surface area contributed by atoms with Crippen molar-refractivity contribution in [1.82, 2.24) is 10.2 Å². The number of hydrogen-bond acceptors (Lipinski definition) is 2. The topological polar surface area (TPSA) is 54.7 Å². The Labute approximate surface area is 59.5 Å². The Kier molecular flexibility index (Phi) is 2.65. The molecule has 1 heterocycles. The Morgan fingerprint density at radius 1 is 1.75 bits per heavy atom. The molecule has 4 heteroatoms. The number of aromatic amines is 1. The first-order valence-electron chi connectivity index (χ1n) is 1.99. The van der Waals surface area contributed by atoms with Gasteiger partial charge in [-0.3, -0.25) is 0 Å². The van der Waals surface area contributed by atoms with Crippen LogP contribution in [0.5, 0.6) is 0 Å². The molecular weight excluding hydrogens is 141 g/mol. The summed E-state index contributed by atoms with van der Waals surface area (Å²) in [6.07, 6.45) is 2.54. The Bertz CT molecular complexity index is 144. The van der Waals surface area contributed by atoms with Crippen LogP contribution in [0.25, 0.3) is 0 Å². The summed E-state index contributed by atoms with van der Waals surface area (Å²) in [6, 6.07) is 0. The Morgan fingerprint density at radius 3 is 2.50 bits per heavy atom. The standard InChI is InChI=1S/C4H6N3.V/c1-3-4(5)2-6-7-3;/h5H2,1H3,(H,6,7);/q-1;. The third kappa shape index (κ3) is 1.28. The summed E-state index contributed by atoms with van der Waals surface area (Å²) in [6.45, 7) is 1.85. The molecular formula is C4H6N3V-. The number of H-pyrrole nitrogens is 1. The van der Waals surface area contributed by atoms with Crippen LogP contribution in [0.2, 0.25) is 0 Å². The second-order valence-electron chi connectivity index (χ2n) is 1.37. The second kappa shape index (κ2) is 2.79. The van der Waals surface area contributed by atoms with Crippen molar-refractivity contribution in [2.75, 3.05) is 5.73 Å². The van der Waals surface area contributed by atoms with Gasteiger partial charge in [-0.25, -0.2) is 0 Å². The van der Waals surface area contributed by atoms with Gasteiger partial charge in [0, 0.05) is 18.6 Å². The molecule has 0 spiro atoms. The minimum Gasteiger partial charge on any atom is -0.428 e. The fourth-order valence-electron chi connectivity index (χ4n) is 0.316. The Hall–Kier alpha value is -0.406. The molecule has 0 unspecified atom stereocenters. The minimum absolute atomic E-state index is 0.